The number of alkyl halides is 3. The van der Waals surface area contributed by atoms with E-state index in [1.54, 1.807) is 0 Å². The van der Waals surface area contributed by atoms with Gasteiger partial charge in [-0.3, -0.25) is 0 Å². The highest BCUT2D eigenvalue weighted by Gasteiger charge is 2.40. The molecule has 0 atom stereocenters. The van der Waals surface area contributed by atoms with Gasteiger partial charge in [0.25, 0.3) is 0 Å². The van der Waals surface area contributed by atoms with Crippen molar-refractivity contribution in [3.05, 3.63) is 35.4 Å². The van der Waals surface area contributed by atoms with E-state index in [0.29, 0.717) is 12.3 Å². The molecule has 1 aromatic rings. The van der Waals surface area contributed by atoms with Gasteiger partial charge < -0.3 is 5.11 Å². The normalized spacial score (nSPS) is 28.9. The third kappa shape index (κ3) is 2.80. The van der Waals surface area contributed by atoms with E-state index in [2.05, 4.69) is 6.92 Å². The highest BCUT2D eigenvalue weighted by atomic mass is 19.4. The summed E-state index contributed by atoms with van der Waals surface area (Å²) in [7, 11) is 0. The van der Waals surface area contributed by atoms with Gasteiger partial charge >= 0.3 is 6.18 Å². The minimum atomic E-state index is -4.29. The van der Waals surface area contributed by atoms with Crippen LogP contribution in [-0.2, 0) is 12.6 Å². The van der Waals surface area contributed by atoms with Crippen LogP contribution in [0.4, 0.5) is 13.2 Å². The van der Waals surface area contributed by atoms with Gasteiger partial charge in [0.1, 0.15) is 0 Å². The van der Waals surface area contributed by atoms with E-state index in [-0.39, 0.29) is 0 Å². The number of halogens is 3. The van der Waals surface area contributed by atoms with E-state index in [1.165, 1.54) is 12.1 Å². The van der Waals surface area contributed by atoms with Crippen molar-refractivity contribution in [2.45, 2.75) is 38.0 Å². The van der Waals surface area contributed by atoms with Crippen LogP contribution in [0.15, 0.2) is 24.3 Å². The Hall–Kier alpha value is -1.03. The maximum atomic E-state index is 12.3. The van der Waals surface area contributed by atoms with Crippen molar-refractivity contribution in [1.82, 2.24) is 0 Å². The molecule has 0 radical (unpaired) electrons. The van der Waals surface area contributed by atoms with Crippen molar-refractivity contribution in [2.75, 3.05) is 0 Å². The van der Waals surface area contributed by atoms with Gasteiger partial charge in [-0.05, 0) is 36.5 Å². The predicted molar refractivity (Wildman–Crippen MR) is 58.5 cm³/mol. The van der Waals surface area contributed by atoms with Gasteiger partial charge in [0.05, 0.1) is 11.2 Å². The molecule has 1 N–H and O–H groups in total. The van der Waals surface area contributed by atoms with Gasteiger partial charge in [-0.15, -0.1) is 0 Å². The second kappa shape index (κ2) is 4.02. The van der Waals surface area contributed by atoms with E-state index in [1.807, 2.05) is 0 Å². The topological polar surface area (TPSA) is 20.2 Å². The molecule has 0 saturated heterocycles. The summed E-state index contributed by atoms with van der Waals surface area (Å²) in [6, 6.07) is 5.04. The van der Waals surface area contributed by atoms with Crippen molar-refractivity contribution >= 4 is 0 Å². The molecule has 0 heterocycles. The van der Waals surface area contributed by atoms with E-state index < -0.39 is 17.3 Å². The molecule has 0 spiro atoms. The lowest BCUT2D eigenvalue weighted by Gasteiger charge is -2.42. The molecular formula is C13H15F3O. The zero-order chi connectivity index (χ0) is 12.7. The summed E-state index contributed by atoms with van der Waals surface area (Å²) < 4.78 is 37.0. The lowest BCUT2D eigenvalue weighted by atomic mass is 9.69. The second-order valence-corrected chi connectivity index (χ2v) is 5.11. The zero-order valence-electron chi connectivity index (χ0n) is 9.59. The smallest absolute Gasteiger partial charge is 0.390 e. The van der Waals surface area contributed by atoms with Gasteiger partial charge in [0.15, 0.2) is 0 Å². The first-order valence-corrected chi connectivity index (χ1v) is 5.67. The first-order valence-electron chi connectivity index (χ1n) is 5.67. The lowest BCUT2D eigenvalue weighted by Crippen LogP contribution is -2.44. The molecule has 1 aliphatic rings. The van der Waals surface area contributed by atoms with Crippen LogP contribution in [-0.4, -0.2) is 10.7 Å². The van der Waals surface area contributed by atoms with E-state index in [0.717, 1.165) is 30.5 Å². The van der Waals surface area contributed by atoms with Gasteiger partial charge in [-0.1, -0.05) is 19.1 Å². The molecule has 17 heavy (non-hydrogen) atoms. The van der Waals surface area contributed by atoms with Crippen molar-refractivity contribution in [3.63, 3.8) is 0 Å². The van der Waals surface area contributed by atoms with Crippen LogP contribution in [0.2, 0.25) is 0 Å². The van der Waals surface area contributed by atoms with Gasteiger partial charge in [-0.25, -0.2) is 0 Å². The summed E-state index contributed by atoms with van der Waals surface area (Å²) in [4.78, 5) is 0. The van der Waals surface area contributed by atoms with Crippen LogP contribution in [0.3, 0.4) is 0 Å². The Balaban J connectivity index is 2.04. The first kappa shape index (κ1) is 12.4. The largest absolute Gasteiger partial charge is 0.416 e. The Bertz CT molecular complexity index is 388. The van der Waals surface area contributed by atoms with Crippen molar-refractivity contribution < 1.29 is 18.3 Å². The lowest BCUT2D eigenvalue weighted by molar-refractivity contribution is -0.137. The first-order chi connectivity index (χ1) is 7.78. The van der Waals surface area contributed by atoms with Gasteiger partial charge in [0.2, 0.25) is 0 Å². The van der Waals surface area contributed by atoms with Crippen LogP contribution in [0.25, 0.3) is 0 Å². The summed E-state index contributed by atoms with van der Waals surface area (Å²) in [5.74, 6) is 0.509. The number of hydrogen-bond acceptors (Lipinski definition) is 1. The molecule has 1 aliphatic carbocycles. The highest BCUT2D eigenvalue weighted by molar-refractivity contribution is 5.26. The molecule has 2 rings (SSSR count). The fourth-order valence-corrected chi connectivity index (χ4v) is 2.57. The van der Waals surface area contributed by atoms with E-state index >= 15 is 0 Å². The summed E-state index contributed by atoms with van der Waals surface area (Å²) >= 11 is 0. The minimum Gasteiger partial charge on any atom is -0.390 e. The third-order valence-electron chi connectivity index (χ3n) is 3.27. The minimum absolute atomic E-state index is 0.440. The fraction of sp³-hybridized carbons (Fsp3) is 0.538. The molecule has 1 saturated carbocycles. The summed E-state index contributed by atoms with van der Waals surface area (Å²) in [5.41, 5.74) is -0.596. The second-order valence-electron chi connectivity index (χ2n) is 5.11. The SMILES string of the molecule is CC1CC(O)(Cc2ccc(C(F)(F)F)cc2)C1. The van der Waals surface area contributed by atoms with E-state index in [4.69, 9.17) is 0 Å². The molecule has 4 heteroatoms. The average molecular weight is 244 g/mol. The molecule has 0 aliphatic heterocycles. The number of benzene rings is 1. The highest BCUT2D eigenvalue weighted by Crippen LogP contribution is 2.40. The molecule has 0 amide bonds. The third-order valence-corrected chi connectivity index (χ3v) is 3.27. The van der Waals surface area contributed by atoms with Crippen molar-refractivity contribution in [1.29, 1.82) is 0 Å². The standard InChI is InChI=1S/C13H15F3O/c1-9-6-12(17,7-9)8-10-2-4-11(5-3-10)13(14,15)16/h2-5,9,17H,6-8H2,1H3. The molecule has 0 unspecified atom stereocenters. The van der Waals surface area contributed by atoms with Gasteiger partial charge in [0, 0.05) is 6.42 Å². The monoisotopic (exact) mass is 244 g/mol. The zero-order valence-corrected chi connectivity index (χ0v) is 9.59. The summed E-state index contributed by atoms with van der Waals surface area (Å²) in [5, 5.41) is 10.0. The van der Waals surface area contributed by atoms with Crippen LogP contribution < -0.4 is 0 Å². The van der Waals surface area contributed by atoms with Crippen LogP contribution in [0, 0.1) is 5.92 Å². The molecule has 94 valence electrons. The van der Waals surface area contributed by atoms with Crippen molar-refractivity contribution in [2.24, 2.45) is 5.92 Å². The average Bonchev–Trinajstić information content (AvgIpc) is 2.14. The molecular weight excluding hydrogens is 229 g/mol. The molecule has 1 aromatic carbocycles. The van der Waals surface area contributed by atoms with Crippen LogP contribution in [0.1, 0.15) is 30.9 Å². The van der Waals surface area contributed by atoms with Crippen molar-refractivity contribution in [3.8, 4) is 0 Å². The number of aliphatic hydroxyl groups is 1. The Morgan fingerprint density at radius 2 is 1.76 bits per heavy atom. The van der Waals surface area contributed by atoms with Crippen LogP contribution >= 0.6 is 0 Å². The van der Waals surface area contributed by atoms with E-state index in [9.17, 15) is 18.3 Å². The molecule has 1 nitrogen and oxygen atoms in total. The fourth-order valence-electron chi connectivity index (χ4n) is 2.57. The Kier molecular flexibility index (Phi) is 2.94. The maximum absolute atomic E-state index is 12.3. The number of rotatable bonds is 2. The Morgan fingerprint density at radius 3 is 2.18 bits per heavy atom. The number of hydrogen-bond donors (Lipinski definition) is 1. The van der Waals surface area contributed by atoms with Crippen LogP contribution in [0.5, 0.6) is 0 Å². The Morgan fingerprint density at radius 1 is 1.24 bits per heavy atom. The molecule has 0 aromatic heterocycles. The quantitative estimate of drug-likeness (QED) is 0.845. The molecule has 1 fully saturated rings. The summed E-state index contributed by atoms with van der Waals surface area (Å²) in [6.45, 7) is 2.06. The van der Waals surface area contributed by atoms with Gasteiger partial charge in [-0.2, -0.15) is 13.2 Å². The Labute approximate surface area is 98.3 Å². The molecule has 0 bridgehead atoms. The predicted octanol–water partition coefficient (Wildman–Crippen LogP) is 3.41. The maximum Gasteiger partial charge on any atom is 0.416 e. The summed E-state index contributed by atoms with van der Waals surface area (Å²) in [6.07, 6.45) is -2.39.